The van der Waals surface area contributed by atoms with Gasteiger partial charge in [0.05, 0.1) is 0 Å². The molecule has 3 unspecified atom stereocenters. The van der Waals surface area contributed by atoms with Crippen LogP contribution < -0.4 is 5.73 Å². The molecule has 2 fully saturated rings. The van der Waals surface area contributed by atoms with Gasteiger partial charge in [-0.2, -0.15) is 0 Å². The molecule has 3 heteroatoms. The lowest BCUT2D eigenvalue weighted by Crippen LogP contribution is -2.46. The van der Waals surface area contributed by atoms with Crippen molar-refractivity contribution in [2.75, 3.05) is 7.05 Å². The Morgan fingerprint density at radius 2 is 1.75 bits per heavy atom. The summed E-state index contributed by atoms with van der Waals surface area (Å²) in [5, 5.41) is 0. The lowest BCUT2D eigenvalue weighted by Gasteiger charge is -2.41. The summed E-state index contributed by atoms with van der Waals surface area (Å²) in [6, 6.07) is 0.751. The van der Waals surface area contributed by atoms with Crippen LogP contribution in [0.3, 0.4) is 0 Å². The highest BCUT2D eigenvalue weighted by Gasteiger charge is 2.35. The van der Waals surface area contributed by atoms with Crippen molar-refractivity contribution in [2.24, 2.45) is 23.0 Å². The molecule has 2 rings (SSSR count). The number of carbonyl (C=O) groups is 1. The third-order valence-electron chi connectivity index (χ3n) is 5.79. The maximum Gasteiger partial charge on any atom is 0.225 e. The van der Waals surface area contributed by atoms with Crippen molar-refractivity contribution in [1.82, 2.24) is 4.90 Å². The van der Waals surface area contributed by atoms with Crippen LogP contribution in [-0.4, -0.2) is 29.9 Å². The average molecular weight is 280 g/mol. The van der Waals surface area contributed by atoms with Crippen molar-refractivity contribution < 1.29 is 4.79 Å². The molecule has 3 atom stereocenters. The molecular weight excluding hydrogens is 248 g/mol. The second kappa shape index (κ2) is 6.05. The monoisotopic (exact) mass is 280 g/mol. The fourth-order valence-corrected chi connectivity index (χ4v) is 3.88. The first-order valence-electron chi connectivity index (χ1n) is 8.32. The van der Waals surface area contributed by atoms with Gasteiger partial charge < -0.3 is 10.6 Å². The Kier molecular flexibility index (Phi) is 4.78. The standard InChI is InChI=1S/C17H32N2O/c1-12-11-13(5-6-15(12)18)16(20)19(4)14-7-9-17(2,3)10-8-14/h12-15H,5-11,18H2,1-4H3. The molecule has 2 saturated carbocycles. The van der Waals surface area contributed by atoms with E-state index in [4.69, 9.17) is 5.73 Å². The second-order valence-corrected chi connectivity index (χ2v) is 8.00. The molecule has 0 spiro atoms. The summed E-state index contributed by atoms with van der Waals surface area (Å²) in [5.41, 5.74) is 6.53. The van der Waals surface area contributed by atoms with Gasteiger partial charge in [-0.05, 0) is 56.3 Å². The lowest BCUT2D eigenvalue weighted by atomic mass is 9.74. The number of rotatable bonds is 2. The smallest absolute Gasteiger partial charge is 0.225 e. The van der Waals surface area contributed by atoms with Crippen LogP contribution in [0.5, 0.6) is 0 Å². The Labute approximate surface area is 124 Å². The lowest BCUT2D eigenvalue weighted by molar-refractivity contribution is -0.139. The third kappa shape index (κ3) is 3.55. The van der Waals surface area contributed by atoms with Crippen LogP contribution >= 0.6 is 0 Å². The maximum atomic E-state index is 12.7. The second-order valence-electron chi connectivity index (χ2n) is 8.00. The summed E-state index contributed by atoms with van der Waals surface area (Å²) in [7, 11) is 2.02. The zero-order valence-electron chi connectivity index (χ0n) is 13.7. The molecule has 0 radical (unpaired) electrons. The van der Waals surface area contributed by atoms with E-state index >= 15 is 0 Å². The fraction of sp³-hybridized carbons (Fsp3) is 0.941. The summed E-state index contributed by atoms with van der Waals surface area (Å²) in [6.07, 6.45) is 7.76. The molecule has 2 aliphatic rings. The topological polar surface area (TPSA) is 46.3 Å². The van der Waals surface area contributed by atoms with Crippen molar-refractivity contribution >= 4 is 5.91 Å². The highest BCUT2D eigenvalue weighted by Crippen LogP contribution is 2.37. The Hall–Kier alpha value is -0.570. The van der Waals surface area contributed by atoms with Crippen LogP contribution in [0.15, 0.2) is 0 Å². The highest BCUT2D eigenvalue weighted by atomic mass is 16.2. The van der Waals surface area contributed by atoms with Gasteiger partial charge in [-0.15, -0.1) is 0 Å². The quantitative estimate of drug-likeness (QED) is 0.844. The average Bonchev–Trinajstić information content (AvgIpc) is 2.40. The molecule has 1 amide bonds. The number of carbonyl (C=O) groups excluding carboxylic acids is 1. The van der Waals surface area contributed by atoms with E-state index in [2.05, 4.69) is 25.7 Å². The molecule has 20 heavy (non-hydrogen) atoms. The molecule has 0 aromatic carbocycles. The van der Waals surface area contributed by atoms with Crippen molar-refractivity contribution in [3.8, 4) is 0 Å². The van der Waals surface area contributed by atoms with E-state index in [1.807, 2.05) is 7.05 Å². The first-order chi connectivity index (χ1) is 9.30. The van der Waals surface area contributed by atoms with Gasteiger partial charge in [-0.25, -0.2) is 0 Å². The molecule has 0 saturated heterocycles. The molecule has 0 bridgehead atoms. The minimum absolute atomic E-state index is 0.213. The number of hydrogen-bond donors (Lipinski definition) is 1. The van der Waals surface area contributed by atoms with Crippen LogP contribution in [0.2, 0.25) is 0 Å². The number of nitrogens with two attached hydrogens (primary N) is 1. The van der Waals surface area contributed by atoms with E-state index in [-0.39, 0.29) is 5.92 Å². The van der Waals surface area contributed by atoms with Gasteiger partial charge in [-0.1, -0.05) is 20.8 Å². The summed E-state index contributed by atoms with van der Waals surface area (Å²) in [6.45, 7) is 6.87. The number of hydrogen-bond acceptors (Lipinski definition) is 2. The Bertz CT molecular complexity index is 343. The van der Waals surface area contributed by atoms with E-state index < -0.39 is 0 Å². The van der Waals surface area contributed by atoms with Gasteiger partial charge in [0, 0.05) is 25.0 Å². The molecule has 0 aromatic rings. The van der Waals surface area contributed by atoms with E-state index in [1.54, 1.807) is 0 Å². The van der Waals surface area contributed by atoms with Crippen molar-refractivity contribution in [3.05, 3.63) is 0 Å². The fourth-order valence-electron chi connectivity index (χ4n) is 3.88. The SMILES string of the molecule is CC1CC(C(=O)N(C)C2CCC(C)(C)CC2)CCC1N. The van der Waals surface area contributed by atoms with Crippen LogP contribution in [0.4, 0.5) is 0 Å². The highest BCUT2D eigenvalue weighted by molar-refractivity contribution is 5.79. The maximum absolute atomic E-state index is 12.7. The van der Waals surface area contributed by atoms with E-state index in [0.717, 1.165) is 32.1 Å². The number of amides is 1. The van der Waals surface area contributed by atoms with Crippen molar-refractivity contribution in [1.29, 1.82) is 0 Å². The molecule has 0 aromatic heterocycles. The molecule has 0 aliphatic heterocycles. The molecule has 2 aliphatic carbocycles. The first kappa shape index (κ1) is 15.8. The van der Waals surface area contributed by atoms with Crippen LogP contribution in [-0.2, 0) is 4.79 Å². The van der Waals surface area contributed by atoms with Crippen molar-refractivity contribution in [3.63, 3.8) is 0 Å². The Balaban J connectivity index is 1.89. The molecule has 116 valence electrons. The third-order valence-corrected chi connectivity index (χ3v) is 5.79. The zero-order valence-corrected chi connectivity index (χ0v) is 13.7. The van der Waals surface area contributed by atoms with Gasteiger partial charge in [0.1, 0.15) is 0 Å². The summed E-state index contributed by atoms with van der Waals surface area (Å²) < 4.78 is 0. The molecule has 2 N–H and O–H groups in total. The molecule has 3 nitrogen and oxygen atoms in total. The predicted molar refractivity (Wildman–Crippen MR) is 83.3 cm³/mol. The largest absolute Gasteiger partial charge is 0.343 e. The summed E-state index contributed by atoms with van der Waals surface area (Å²) >= 11 is 0. The predicted octanol–water partition coefficient (Wildman–Crippen LogP) is 3.18. The zero-order chi connectivity index (χ0) is 14.9. The van der Waals surface area contributed by atoms with E-state index in [0.29, 0.717) is 29.3 Å². The molecule has 0 heterocycles. The van der Waals surface area contributed by atoms with Crippen LogP contribution in [0.25, 0.3) is 0 Å². The summed E-state index contributed by atoms with van der Waals surface area (Å²) in [4.78, 5) is 14.8. The minimum Gasteiger partial charge on any atom is -0.343 e. The van der Waals surface area contributed by atoms with Gasteiger partial charge in [0.2, 0.25) is 5.91 Å². The van der Waals surface area contributed by atoms with Crippen LogP contribution in [0.1, 0.15) is 65.7 Å². The van der Waals surface area contributed by atoms with Gasteiger partial charge in [0.15, 0.2) is 0 Å². The molecular formula is C17H32N2O. The number of nitrogens with zero attached hydrogens (tertiary/aromatic N) is 1. The first-order valence-corrected chi connectivity index (χ1v) is 8.32. The minimum atomic E-state index is 0.213. The van der Waals surface area contributed by atoms with Gasteiger partial charge in [0.25, 0.3) is 0 Å². The van der Waals surface area contributed by atoms with Crippen LogP contribution in [0, 0.1) is 17.3 Å². The van der Waals surface area contributed by atoms with Gasteiger partial charge >= 0.3 is 0 Å². The Morgan fingerprint density at radius 3 is 2.30 bits per heavy atom. The summed E-state index contributed by atoms with van der Waals surface area (Å²) in [5.74, 6) is 1.06. The van der Waals surface area contributed by atoms with E-state index in [9.17, 15) is 4.79 Å². The van der Waals surface area contributed by atoms with Crippen molar-refractivity contribution in [2.45, 2.75) is 77.8 Å². The van der Waals surface area contributed by atoms with Gasteiger partial charge in [-0.3, -0.25) is 4.79 Å². The normalized spacial score (nSPS) is 34.8. The Morgan fingerprint density at radius 1 is 1.15 bits per heavy atom. The van der Waals surface area contributed by atoms with E-state index in [1.165, 1.54) is 12.8 Å².